The first kappa shape index (κ1) is 18.2. The van der Waals surface area contributed by atoms with Crippen LogP contribution in [0.15, 0.2) is 30.5 Å². The molecule has 1 aromatic carbocycles. The molecule has 138 valence electrons. The molecule has 0 aliphatic carbocycles. The van der Waals surface area contributed by atoms with Gasteiger partial charge in [-0.3, -0.25) is 4.79 Å². The van der Waals surface area contributed by atoms with E-state index in [1.165, 1.54) is 18.3 Å². The Morgan fingerprint density at radius 1 is 1.27 bits per heavy atom. The molecule has 7 nitrogen and oxygen atoms in total. The third-order valence-electron chi connectivity index (χ3n) is 4.29. The number of piperidine rings is 1. The van der Waals surface area contributed by atoms with Crippen molar-refractivity contribution in [3.05, 3.63) is 47.5 Å². The van der Waals surface area contributed by atoms with E-state index < -0.39 is 0 Å². The Hall–Kier alpha value is -2.55. The zero-order valence-corrected chi connectivity index (χ0v) is 14.9. The second-order valence-corrected chi connectivity index (χ2v) is 6.67. The minimum absolute atomic E-state index is 0.122. The van der Waals surface area contributed by atoms with Crippen molar-refractivity contribution in [2.45, 2.75) is 19.4 Å². The van der Waals surface area contributed by atoms with Crippen LogP contribution in [-0.4, -0.2) is 45.3 Å². The van der Waals surface area contributed by atoms with Crippen LogP contribution in [0, 0.1) is 11.7 Å². The monoisotopic (exact) mass is 378 g/mol. The molecule has 2 heterocycles. The van der Waals surface area contributed by atoms with Crippen LogP contribution in [0.5, 0.6) is 0 Å². The zero-order chi connectivity index (χ0) is 18.4. The zero-order valence-electron chi connectivity index (χ0n) is 14.1. The summed E-state index contributed by atoms with van der Waals surface area (Å²) in [5.74, 6) is -0.230. The number of amides is 2. The highest BCUT2D eigenvalue weighted by atomic mass is 32.1. The highest BCUT2D eigenvalue weighted by Gasteiger charge is 2.24. The first-order valence-corrected chi connectivity index (χ1v) is 9.07. The van der Waals surface area contributed by atoms with Crippen molar-refractivity contribution in [1.82, 2.24) is 19.0 Å². The van der Waals surface area contributed by atoms with Gasteiger partial charge in [0.15, 0.2) is 5.69 Å². The maximum Gasteiger partial charge on any atom is 0.410 e. The molecule has 2 aromatic rings. The van der Waals surface area contributed by atoms with Gasteiger partial charge < -0.3 is 15.0 Å². The molecule has 26 heavy (non-hydrogen) atoms. The van der Waals surface area contributed by atoms with E-state index >= 15 is 0 Å². The molecule has 0 bridgehead atoms. The van der Waals surface area contributed by atoms with E-state index in [1.54, 1.807) is 17.0 Å². The summed E-state index contributed by atoms with van der Waals surface area (Å²) in [6, 6.07) is 5.86. The summed E-state index contributed by atoms with van der Waals surface area (Å²) in [4.78, 5) is 25.6. The van der Waals surface area contributed by atoms with Crippen LogP contribution in [0.4, 0.5) is 9.18 Å². The van der Waals surface area contributed by atoms with E-state index in [0.29, 0.717) is 31.2 Å². The highest BCUT2D eigenvalue weighted by Crippen LogP contribution is 2.18. The van der Waals surface area contributed by atoms with Crippen LogP contribution in [0.25, 0.3) is 0 Å². The standard InChI is InChI=1S/C17H19FN4O3S/c18-14-3-1-13(2-4-14)11-25-17(24)22-7-5-12(6-8-22)9-19-16(23)15-10-20-26-21-15/h1-4,10,12H,5-9,11H2,(H,19,23). The number of carbonyl (C=O) groups is 2. The molecule has 1 N–H and O–H groups in total. The molecule has 0 atom stereocenters. The summed E-state index contributed by atoms with van der Waals surface area (Å²) < 4.78 is 25.8. The number of ether oxygens (including phenoxy) is 1. The smallest absolute Gasteiger partial charge is 0.410 e. The normalized spacial score (nSPS) is 14.9. The van der Waals surface area contributed by atoms with Gasteiger partial charge in [0.2, 0.25) is 0 Å². The third kappa shape index (κ3) is 4.98. The number of benzene rings is 1. The van der Waals surface area contributed by atoms with Crippen molar-refractivity contribution in [3.8, 4) is 0 Å². The fourth-order valence-electron chi connectivity index (χ4n) is 2.73. The predicted octanol–water partition coefficient (Wildman–Crippen LogP) is 2.46. The van der Waals surface area contributed by atoms with Gasteiger partial charge in [0.25, 0.3) is 5.91 Å². The lowest BCUT2D eigenvalue weighted by Gasteiger charge is -2.31. The number of nitrogens with zero attached hydrogens (tertiary/aromatic N) is 3. The molecule has 1 fully saturated rings. The Balaban J connectivity index is 1.37. The van der Waals surface area contributed by atoms with Crippen molar-refractivity contribution in [1.29, 1.82) is 0 Å². The maximum atomic E-state index is 12.9. The average molecular weight is 378 g/mol. The molecule has 0 radical (unpaired) electrons. The largest absolute Gasteiger partial charge is 0.445 e. The van der Waals surface area contributed by atoms with Gasteiger partial charge in [0.1, 0.15) is 12.4 Å². The van der Waals surface area contributed by atoms with Gasteiger partial charge in [0, 0.05) is 19.6 Å². The number of nitrogens with one attached hydrogen (secondary N) is 1. The fraction of sp³-hybridized carbons (Fsp3) is 0.412. The molecule has 1 aliphatic heterocycles. The summed E-state index contributed by atoms with van der Waals surface area (Å²) in [6.07, 6.45) is 2.66. The van der Waals surface area contributed by atoms with Crippen molar-refractivity contribution in [2.75, 3.05) is 19.6 Å². The van der Waals surface area contributed by atoms with Crippen molar-refractivity contribution in [3.63, 3.8) is 0 Å². The lowest BCUT2D eigenvalue weighted by Crippen LogP contribution is -2.41. The van der Waals surface area contributed by atoms with Crippen LogP contribution in [0.1, 0.15) is 28.9 Å². The molecule has 1 aliphatic rings. The van der Waals surface area contributed by atoms with Gasteiger partial charge in [-0.2, -0.15) is 8.75 Å². The summed E-state index contributed by atoms with van der Waals surface area (Å²) >= 11 is 0.999. The number of likely N-dealkylation sites (tertiary alicyclic amines) is 1. The van der Waals surface area contributed by atoms with Gasteiger partial charge in [-0.05, 0) is 36.5 Å². The van der Waals surface area contributed by atoms with E-state index in [9.17, 15) is 14.0 Å². The number of hydrogen-bond acceptors (Lipinski definition) is 6. The molecule has 1 aromatic heterocycles. The molecule has 0 unspecified atom stereocenters. The Morgan fingerprint density at radius 3 is 2.65 bits per heavy atom. The first-order chi connectivity index (χ1) is 12.6. The number of halogens is 1. The molecule has 0 spiro atoms. The Labute approximate surface area is 154 Å². The minimum Gasteiger partial charge on any atom is -0.445 e. The predicted molar refractivity (Wildman–Crippen MR) is 93.1 cm³/mol. The van der Waals surface area contributed by atoms with Crippen molar-refractivity contribution >= 4 is 23.7 Å². The van der Waals surface area contributed by atoms with Gasteiger partial charge in [-0.1, -0.05) is 12.1 Å². The van der Waals surface area contributed by atoms with Crippen LogP contribution in [0.3, 0.4) is 0 Å². The molecular weight excluding hydrogens is 359 g/mol. The molecule has 1 saturated heterocycles. The molecule has 3 rings (SSSR count). The maximum absolute atomic E-state index is 12.9. The minimum atomic E-state index is -0.370. The highest BCUT2D eigenvalue weighted by molar-refractivity contribution is 6.99. The van der Waals surface area contributed by atoms with Crippen molar-refractivity contribution in [2.24, 2.45) is 5.92 Å². The van der Waals surface area contributed by atoms with Crippen LogP contribution in [-0.2, 0) is 11.3 Å². The SMILES string of the molecule is O=C(NCC1CCN(C(=O)OCc2ccc(F)cc2)CC1)c1cnsn1. The molecular formula is C17H19FN4O3S. The van der Waals surface area contributed by atoms with Gasteiger partial charge >= 0.3 is 6.09 Å². The summed E-state index contributed by atoms with van der Waals surface area (Å²) in [5.41, 5.74) is 1.07. The summed E-state index contributed by atoms with van der Waals surface area (Å²) in [6.45, 7) is 1.84. The quantitative estimate of drug-likeness (QED) is 0.864. The number of carbonyl (C=O) groups excluding carboxylic acids is 2. The molecule has 2 amide bonds. The van der Waals surface area contributed by atoms with Crippen LogP contribution >= 0.6 is 11.7 Å². The van der Waals surface area contributed by atoms with E-state index in [1.807, 2.05) is 0 Å². The first-order valence-electron chi connectivity index (χ1n) is 8.33. The van der Waals surface area contributed by atoms with E-state index in [4.69, 9.17) is 4.74 Å². The second kappa shape index (κ2) is 8.70. The van der Waals surface area contributed by atoms with Crippen molar-refractivity contribution < 1.29 is 18.7 Å². The second-order valence-electron chi connectivity index (χ2n) is 6.11. The molecule has 9 heteroatoms. The summed E-state index contributed by atoms with van der Waals surface area (Å²) in [5, 5.41) is 2.85. The van der Waals surface area contributed by atoms with E-state index in [-0.39, 0.29) is 24.4 Å². The topological polar surface area (TPSA) is 84.4 Å². The van der Waals surface area contributed by atoms with Crippen LogP contribution < -0.4 is 5.32 Å². The Morgan fingerprint density at radius 2 is 2.00 bits per heavy atom. The lowest BCUT2D eigenvalue weighted by molar-refractivity contribution is 0.0800. The van der Waals surface area contributed by atoms with Gasteiger partial charge in [-0.15, -0.1) is 0 Å². The average Bonchev–Trinajstić information content (AvgIpc) is 3.21. The number of rotatable bonds is 5. The Kier molecular flexibility index (Phi) is 6.11. The number of hydrogen-bond donors (Lipinski definition) is 1. The van der Waals surface area contributed by atoms with E-state index in [2.05, 4.69) is 14.1 Å². The fourth-order valence-corrected chi connectivity index (χ4v) is 3.14. The Bertz CT molecular complexity index is 731. The lowest BCUT2D eigenvalue weighted by atomic mass is 9.97. The van der Waals surface area contributed by atoms with Crippen LogP contribution in [0.2, 0.25) is 0 Å². The third-order valence-corrected chi connectivity index (χ3v) is 4.77. The van der Waals surface area contributed by atoms with Gasteiger partial charge in [-0.25, -0.2) is 9.18 Å². The molecule has 0 saturated carbocycles. The number of aromatic nitrogens is 2. The van der Waals surface area contributed by atoms with E-state index in [0.717, 1.165) is 30.1 Å². The summed E-state index contributed by atoms with van der Waals surface area (Å²) in [7, 11) is 0. The van der Waals surface area contributed by atoms with Gasteiger partial charge in [0.05, 0.1) is 17.9 Å².